The highest BCUT2D eigenvalue weighted by Gasteiger charge is 2.23. The third-order valence-corrected chi connectivity index (χ3v) is 5.36. The lowest BCUT2D eigenvalue weighted by atomic mass is 9.95. The van der Waals surface area contributed by atoms with Crippen LogP contribution >= 0.6 is 23.1 Å². The SMILES string of the molecule is O=C(CSc1cccs1)N1CCCC(CCO)C1. The average Bonchev–Trinajstić information content (AvgIpc) is 2.90. The molecule has 1 amide bonds. The molecule has 1 fully saturated rings. The Balaban J connectivity index is 1.77. The fourth-order valence-corrected chi connectivity index (χ4v) is 3.97. The number of aliphatic hydroxyl groups excluding tert-OH is 1. The van der Waals surface area contributed by atoms with Gasteiger partial charge in [-0.3, -0.25) is 4.79 Å². The van der Waals surface area contributed by atoms with Crippen LogP contribution in [-0.4, -0.2) is 41.4 Å². The lowest BCUT2D eigenvalue weighted by molar-refractivity contribution is -0.130. The van der Waals surface area contributed by atoms with Gasteiger partial charge in [-0.1, -0.05) is 6.07 Å². The van der Waals surface area contributed by atoms with E-state index in [9.17, 15) is 4.79 Å². The average molecular weight is 285 g/mol. The van der Waals surface area contributed by atoms with E-state index in [2.05, 4.69) is 0 Å². The predicted octanol–water partition coefficient (Wildman–Crippen LogP) is 2.46. The van der Waals surface area contributed by atoms with Crippen LogP contribution in [0.5, 0.6) is 0 Å². The van der Waals surface area contributed by atoms with Crippen molar-refractivity contribution in [2.24, 2.45) is 5.92 Å². The van der Waals surface area contributed by atoms with Crippen molar-refractivity contribution < 1.29 is 9.90 Å². The van der Waals surface area contributed by atoms with E-state index >= 15 is 0 Å². The molecule has 0 aromatic carbocycles. The van der Waals surface area contributed by atoms with E-state index in [1.807, 2.05) is 22.4 Å². The van der Waals surface area contributed by atoms with E-state index < -0.39 is 0 Å². The Labute approximate surface area is 116 Å². The summed E-state index contributed by atoms with van der Waals surface area (Å²) in [5.41, 5.74) is 0. The Morgan fingerprint density at radius 2 is 2.50 bits per heavy atom. The van der Waals surface area contributed by atoms with Crippen LogP contribution in [0.1, 0.15) is 19.3 Å². The first-order valence-electron chi connectivity index (χ1n) is 6.34. The summed E-state index contributed by atoms with van der Waals surface area (Å²) in [6, 6.07) is 4.06. The number of hydrogen-bond acceptors (Lipinski definition) is 4. The zero-order chi connectivity index (χ0) is 12.8. The largest absolute Gasteiger partial charge is 0.396 e. The van der Waals surface area contributed by atoms with Gasteiger partial charge in [0.2, 0.25) is 5.91 Å². The van der Waals surface area contributed by atoms with Gasteiger partial charge in [0.25, 0.3) is 0 Å². The third kappa shape index (κ3) is 4.00. The second-order valence-electron chi connectivity index (χ2n) is 4.58. The number of piperidine rings is 1. The number of carbonyl (C=O) groups is 1. The molecule has 0 saturated carbocycles. The third-order valence-electron chi connectivity index (χ3n) is 3.24. The minimum absolute atomic E-state index is 0.232. The van der Waals surface area contributed by atoms with Crippen molar-refractivity contribution in [3.8, 4) is 0 Å². The summed E-state index contributed by atoms with van der Waals surface area (Å²) in [5, 5.41) is 11.0. The highest BCUT2D eigenvalue weighted by molar-refractivity contribution is 8.01. The normalized spacial score (nSPS) is 20.1. The highest BCUT2D eigenvalue weighted by atomic mass is 32.2. The van der Waals surface area contributed by atoms with Gasteiger partial charge in [-0.15, -0.1) is 23.1 Å². The summed E-state index contributed by atoms with van der Waals surface area (Å²) in [6.07, 6.45) is 3.03. The minimum Gasteiger partial charge on any atom is -0.396 e. The number of carbonyl (C=O) groups excluding carboxylic acids is 1. The van der Waals surface area contributed by atoms with Gasteiger partial charge in [0.05, 0.1) is 9.96 Å². The molecule has 1 saturated heterocycles. The Hall–Kier alpha value is -0.520. The number of thioether (sulfide) groups is 1. The van der Waals surface area contributed by atoms with Crippen LogP contribution in [0.4, 0.5) is 0 Å². The second kappa shape index (κ2) is 7.16. The molecular formula is C13H19NO2S2. The number of likely N-dealkylation sites (tertiary alicyclic amines) is 1. The van der Waals surface area contributed by atoms with Gasteiger partial charge >= 0.3 is 0 Å². The Morgan fingerprint density at radius 3 is 3.22 bits per heavy atom. The van der Waals surface area contributed by atoms with Crippen LogP contribution in [0.25, 0.3) is 0 Å². The first-order valence-corrected chi connectivity index (χ1v) is 8.21. The number of aliphatic hydroxyl groups is 1. The van der Waals surface area contributed by atoms with Gasteiger partial charge in [0, 0.05) is 19.7 Å². The molecule has 2 rings (SSSR count). The molecule has 2 heterocycles. The summed E-state index contributed by atoms with van der Waals surface area (Å²) in [5.74, 6) is 1.25. The molecule has 3 nitrogen and oxygen atoms in total. The molecule has 0 aliphatic carbocycles. The van der Waals surface area contributed by atoms with Gasteiger partial charge in [-0.25, -0.2) is 0 Å². The molecule has 0 radical (unpaired) electrons. The maximum absolute atomic E-state index is 12.1. The van der Waals surface area contributed by atoms with E-state index in [0.29, 0.717) is 11.7 Å². The predicted molar refractivity (Wildman–Crippen MR) is 76.0 cm³/mol. The van der Waals surface area contributed by atoms with Crippen molar-refractivity contribution in [3.63, 3.8) is 0 Å². The number of hydrogen-bond donors (Lipinski definition) is 1. The van der Waals surface area contributed by atoms with Crippen LogP contribution in [0.3, 0.4) is 0 Å². The first-order chi connectivity index (χ1) is 8.79. The van der Waals surface area contributed by atoms with Crippen LogP contribution < -0.4 is 0 Å². The maximum atomic E-state index is 12.1. The van der Waals surface area contributed by atoms with Crippen molar-refractivity contribution in [2.45, 2.75) is 23.5 Å². The van der Waals surface area contributed by atoms with Crippen molar-refractivity contribution in [3.05, 3.63) is 17.5 Å². The molecule has 1 N–H and O–H groups in total. The molecular weight excluding hydrogens is 266 g/mol. The van der Waals surface area contributed by atoms with E-state index in [-0.39, 0.29) is 12.5 Å². The summed E-state index contributed by atoms with van der Waals surface area (Å²) in [7, 11) is 0. The van der Waals surface area contributed by atoms with Crippen molar-refractivity contribution in [1.82, 2.24) is 4.90 Å². The highest BCUT2D eigenvalue weighted by Crippen LogP contribution is 2.25. The van der Waals surface area contributed by atoms with Gasteiger partial charge in [-0.2, -0.15) is 0 Å². The summed E-state index contributed by atoms with van der Waals surface area (Å²) >= 11 is 3.30. The molecule has 18 heavy (non-hydrogen) atoms. The molecule has 0 spiro atoms. The quantitative estimate of drug-likeness (QED) is 0.845. The second-order valence-corrected chi connectivity index (χ2v) is 6.80. The Kier molecular flexibility index (Phi) is 5.53. The van der Waals surface area contributed by atoms with Crippen molar-refractivity contribution in [1.29, 1.82) is 0 Å². The number of thiophene rings is 1. The van der Waals surface area contributed by atoms with Crippen LogP contribution in [0, 0.1) is 5.92 Å². The smallest absolute Gasteiger partial charge is 0.232 e. The minimum atomic E-state index is 0.232. The lowest BCUT2D eigenvalue weighted by Crippen LogP contribution is -2.41. The summed E-state index contributed by atoms with van der Waals surface area (Å²) in [4.78, 5) is 14.1. The molecule has 0 bridgehead atoms. The molecule has 5 heteroatoms. The van der Waals surface area contributed by atoms with Crippen molar-refractivity contribution >= 4 is 29.0 Å². The molecule has 100 valence electrons. The van der Waals surface area contributed by atoms with Crippen LogP contribution in [-0.2, 0) is 4.79 Å². The number of rotatable bonds is 5. The van der Waals surface area contributed by atoms with Gasteiger partial charge < -0.3 is 10.0 Å². The molecule has 1 atom stereocenters. The summed E-state index contributed by atoms with van der Waals surface area (Å²) < 4.78 is 1.20. The zero-order valence-corrected chi connectivity index (χ0v) is 12.0. The molecule has 1 aliphatic rings. The fraction of sp³-hybridized carbons (Fsp3) is 0.615. The van der Waals surface area contributed by atoms with Crippen LogP contribution in [0.15, 0.2) is 21.7 Å². The molecule has 1 unspecified atom stereocenters. The molecule has 1 aliphatic heterocycles. The first kappa shape index (κ1) is 13.9. The van der Waals surface area contributed by atoms with Gasteiger partial charge in [-0.05, 0) is 36.6 Å². The standard InChI is InChI=1S/C13H19NO2S2/c15-7-5-11-3-1-6-14(9-11)12(16)10-18-13-4-2-8-17-13/h2,4,8,11,15H,1,3,5-7,9-10H2. The van der Waals surface area contributed by atoms with Gasteiger partial charge in [0.15, 0.2) is 0 Å². The number of nitrogens with zero attached hydrogens (tertiary/aromatic N) is 1. The van der Waals surface area contributed by atoms with E-state index in [4.69, 9.17) is 5.11 Å². The van der Waals surface area contributed by atoms with Crippen molar-refractivity contribution in [2.75, 3.05) is 25.4 Å². The molecule has 1 aromatic rings. The zero-order valence-electron chi connectivity index (χ0n) is 10.4. The Morgan fingerprint density at radius 1 is 1.61 bits per heavy atom. The van der Waals surface area contributed by atoms with E-state index in [1.54, 1.807) is 23.1 Å². The molecule has 1 aromatic heterocycles. The van der Waals surface area contributed by atoms with Crippen LogP contribution in [0.2, 0.25) is 0 Å². The topological polar surface area (TPSA) is 40.5 Å². The van der Waals surface area contributed by atoms with Gasteiger partial charge in [0.1, 0.15) is 0 Å². The van der Waals surface area contributed by atoms with E-state index in [1.165, 1.54) is 4.21 Å². The monoisotopic (exact) mass is 285 g/mol. The maximum Gasteiger partial charge on any atom is 0.232 e. The number of amides is 1. The lowest BCUT2D eigenvalue weighted by Gasteiger charge is -2.32. The Bertz CT molecular complexity index is 365. The summed E-state index contributed by atoms with van der Waals surface area (Å²) in [6.45, 7) is 1.94. The van der Waals surface area contributed by atoms with E-state index in [0.717, 1.165) is 32.4 Å². The fourth-order valence-electron chi connectivity index (χ4n) is 2.28.